The topological polar surface area (TPSA) is 36.3 Å². The van der Waals surface area contributed by atoms with Gasteiger partial charge in [-0.3, -0.25) is 0 Å². The standard InChI is InChI=1S/C13H17FN2O/c1-16(8-3-7-15)9-6-11-4-5-13(17-2)12(14)10-11/h4-5,10H,3,6,8-9H2,1-2H3. The van der Waals surface area contributed by atoms with Gasteiger partial charge in [-0.05, 0) is 31.2 Å². The first-order chi connectivity index (χ1) is 8.17. The smallest absolute Gasteiger partial charge is 0.165 e. The summed E-state index contributed by atoms with van der Waals surface area (Å²) in [6.07, 6.45) is 1.29. The molecule has 4 heteroatoms. The van der Waals surface area contributed by atoms with Crippen LogP contribution >= 0.6 is 0 Å². The van der Waals surface area contributed by atoms with Gasteiger partial charge in [0.25, 0.3) is 0 Å². The molecular formula is C13H17FN2O. The molecule has 92 valence electrons. The molecule has 17 heavy (non-hydrogen) atoms. The fourth-order valence-electron chi connectivity index (χ4n) is 1.54. The number of hydrogen-bond acceptors (Lipinski definition) is 3. The van der Waals surface area contributed by atoms with Crippen LogP contribution in [-0.4, -0.2) is 32.1 Å². The molecule has 0 spiro atoms. The third-order valence-electron chi connectivity index (χ3n) is 2.60. The average Bonchev–Trinajstić information content (AvgIpc) is 2.34. The molecule has 0 amide bonds. The minimum atomic E-state index is -0.329. The first kappa shape index (κ1) is 13.5. The van der Waals surface area contributed by atoms with E-state index in [2.05, 4.69) is 11.0 Å². The van der Waals surface area contributed by atoms with Crippen LogP contribution in [0.15, 0.2) is 18.2 Å². The Hall–Kier alpha value is -1.60. The summed E-state index contributed by atoms with van der Waals surface area (Å²) in [5, 5.41) is 8.45. The zero-order valence-corrected chi connectivity index (χ0v) is 10.2. The van der Waals surface area contributed by atoms with Gasteiger partial charge in [-0.25, -0.2) is 4.39 Å². The zero-order valence-electron chi connectivity index (χ0n) is 10.2. The predicted molar refractivity (Wildman–Crippen MR) is 64.4 cm³/mol. The molecule has 0 saturated carbocycles. The summed E-state index contributed by atoms with van der Waals surface area (Å²) in [6.45, 7) is 1.56. The fourth-order valence-corrected chi connectivity index (χ4v) is 1.54. The first-order valence-electron chi connectivity index (χ1n) is 5.55. The molecule has 0 atom stereocenters. The SMILES string of the molecule is COc1ccc(CCN(C)CCC#N)cc1F. The molecular weight excluding hydrogens is 219 g/mol. The Balaban J connectivity index is 2.47. The summed E-state index contributed by atoms with van der Waals surface area (Å²) >= 11 is 0. The van der Waals surface area contributed by atoms with Crippen LogP contribution in [0.2, 0.25) is 0 Å². The predicted octanol–water partition coefficient (Wildman–Crippen LogP) is 2.22. The van der Waals surface area contributed by atoms with E-state index >= 15 is 0 Å². The number of ether oxygens (including phenoxy) is 1. The van der Waals surface area contributed by atoms with Crippen LogP contribution in [0.5, 0.6) is 5.75 Å². The second-order valence-electron chi connectivity index (χ2n) is 3.93. The molecule has 1 aromatic rings. The highest BCUT2D eigenvalue weighted by atomic mass is 19.1. The van der Waals surface area contributed by atoms with Gasteiger partial charge < -0.3 is 9.64 Å². The van der Waals surface area contributed by atoms with E-state index in [0.717, 1.165) is 25.1 Å². The van der Waals surface area contributed by atoms with E-state index in [1.807, 2.05) is 13.1 Å². The third kappa shape index (κ3) is 4.41. The fraction of sp³-hybridized carbons (Fsp3) is 0.462. The van der Waals surface area contributed by atoms with Crippen LogP contribution in [0.3, 0.4) is 0 Å². The lowest BCUT2D eigenvalue weighted by molar-refractivity contribution is 0.346. The molecule has 1 rings (SSSR count). The van der Waals surface area contributed by atoms with Gasteiger partial charge in [-0.2, -0.15) is 5.26 Å². The van der Waals surface area contributed by atoms with Crippen LogP contribution < -0.4 is 4.74 Å². The minimum Gasteiger partial charge on any atom is -0.494 e. The van der Waals surface area contributed by atoms with Crippen LogP contribution in [0.4, 0.5) is 4.39 Å². The van der Waals surface area contributed by atoms with Gasteiger partial charge in [-0.15, -0.1) is 0 Å². The van der Waals surface area contributed by atoms with Gasteiger partial charge in [0.1, 0.15) is 0 Å². The van der Waals surface area contributed by atoms with E-state index in [1.165, 1.54) is 13.2 Å². The molecule has 0 fully saturated rings. The molecule has 0 aliphatic heterocycles. The third-order valence-corrected chi connectivity index (χ3v) is 2.60. The maximum absolute atomic E-state index is 13.4. The lowest BCUT2D eigenvalue weighted by atomic mass is 10.1. The van der Waals surface area contributed by atoms with Crippen LogP contribution in [0, 0.1) is 17.1 Å². The largest absolute Gasteiger partial charge is 0.494 e. The highest BCUT2D eigenvalue weighted by Crippen LogP contribution is 2.17. The summed E-state index contributed by atoms with van der Waals surface area (Å²) in [6, 6.07) is 7.10. The Kier molecular flexibility index (Phi) is 5.44. The maximum atomic E-state index is 13.4. The zero-order chi connectivity index (χ0) is 12.7. The van der Waals surface area contributed by atoms with Crippen LogP contribution in [0.1, 0.15) is 12.0 Å². The Bertz CT molecular complexity index is 401. The van der Waals surface area contributed by atoms with Crippen molar-refractivity contribution in [2.75, 3.05) is 27.2 Å². The van der Waals surface area contributed by atoms with Gasteiger partial charge in [0.15, 0.2) is 11.6 Å². The highest BCUT2D eigenvalue weighted by molar-refractivity contribution is 5.29. The molecule has 1 aromatic carbocycles. The van der Waals surface area contributed by atoms with Crippen molar-refractivity contribution in [3.05, 3.63) is 29.6 Å². The molecule has 0 aliphatic rings. The lowest BCUT2D eigenvalue weighted by Gasteiger charge is -2.14. The monoisotopic (exact) mass is 236 g/mol. The van der Waals surface area contributed by atoms with Crippen molar-refractivity contribution in [3.63, 3.8) is 0 Å². The molecule has 0 saturated heterocycles. The molecule has 0 bridgehead atoms. The molecule has 0 aliphatic carbocycles. The lowest BCUT2D eigenvalue weighted by Crippen LogP contribution is -2.22. The van der Waals surface area contributed by atoms with Gasteiger partial charge in [0.05, 0.1) is 13.2 Å². The quantitative estimate of drug-likeness (QED) is 0.760. The van der Waals surface area contributed by atoms with E-state index in [1.54, 1.807) is 6.07 Å². The van der Waals surface area contributed by atoms with Crippen LogP contribution in [-0.2, 0) is 6.42 Å². The highest BCUT2D eigenvalue weighted by Gasteiger charge is 2.04. The number of hydrogen-bond donors (Lipinski definition) is 0. The molecule has 0 N–H and O–H groups in total. The van der Waals surface area contributed by atoms with Gasteiger partial charge in [-0.1, -0.05) is 6.07 Å². The summed E-state index contributed by atoms with van der Waals surface area (Å²) in [5.41, 5.74) is 0.937. The Morgan fingerprint density at radius 3 is 2.76 bits per heavy atom. The summed E-state index contributed by atoms with van der Waals surface area (Å²) in [5.74, 6) is -0.0590. The average molecular weight is 236 g/mol. The number of likely N-dealkylation sites (N-methyl/N-ethyl adjacent to an activating group) is 1. The van der Waals surface area contributed by atoms with E-state index in [9.17, 15) is 4.39 Å². The van der Waals surface area contributed by atoms with Crippen molar-refractivity contribution in [3.8, 4) is 11.8 Å². The number of nitrogens with zero attached hydrogens (tertiary/aromatic N) is 2. The maximum Gasteiger partial charge on any atom is 0.165 e. The Labute approximate surface area is 101 Å². The van der Waals surface area contributed by atoms with Gasteiger partial charge >= 0.3 is 0 Å². The molecule has 3 nitrogen and oxygen atoms in total. The molecule has 0 aromatic heterocycles. The molecule has 0 heterocycles. The summed E-state index contributed by atoms with van der Waals surface area (Å²) in [7, 11) is 3.41. The number of nitriles is 1. The number of methoxy groups -OCH3 is 1. The van der Waals surface area contributed by atoms with Crippen LogP contribution in [0.25, 0.3) is 0 Å². The van der Waals surface area contributed by atoms with Gasteiger partial charge in [0.2, 0.25) is 0 Å². The van der Waals surface area contributed by atoms with Crippen molar-refractivity contribution >= 4 is 0 Å². The first-order valence-corrected chi connectivity index (χ1v) is 5.55. The normalized spacial score (nSPS) is 10.3. The van der Waals surface area contributed by atoms with Gasteiger partial charge in [0, 0.05) is 19.5 Å². The van der Waals surface area contributed by atoms with Crippen molar-refractivity contribution in [1.29, 1.82) is 5.26 Å². The second-order valence-corrected chi connectivity index (χ2v) is 3.93. The van der Waals surface area contributed by atoms with Crippen molar-refractivity contribution in [1.82, 2.24) is 4.90 Å². The van der Waals surface area contributed by atoms with E-state index < -0.39 is 0 Å². The van der Waals surface area contributed by atoms with Crippen molar-refractivity contribution < 1.29 is 9.13 Å². The number of rotatable bonds is 6. The number of benzene rings is 1. The Morgan fingerprint density at radius 1 is 1.41 bits per heavy atom. The minimum absolute atomic E-state index is 0.270. The van der Waals surface area contributed by atoms with E-state index in [0.29, 0.717) is 6.42 Å². The molecule has 0 radical (unpaired) electrons. The number of halogens is 1. The molecule has 0 unspecified atom stereocenters. The second kappa shape index (κ2) is 6.87. The summed E-state index contributed by atoms with van der Waals surface area (Å²) < 4.78 is 18.3. The summed E-state index contributed by atoms with van der Waals surface area (Å²) in [4.78, 5) is 2.06. The Morgan fingerprint density at radius 2 is 2.18 bits per heavy atom. The van der Waals surface area contributed by atoms with Crippen molar-refractivity contribution in [2.24, 2.45) is 0 Å². The van der Waals surface area contributed by atoms with Crippen molar-refractivity contribution in [2.45, 2.75) is 12.8 Å². The van der Waals surface area contributed by atoms with E-state index in [4.69, 9.17) is 10.00 Å². The van der Waals surface area contributed by atoms with E-state index in [-0.39, 0.29) is 11.6 Å².